The minimum Gasteiger partial charge on any atom is -0.506 e. The number of carbonyl (C=O) groups is 1. The monoisotopic (exact) mass is 304 g/mol. The number of unbranched alkanes of at least 4 members (excludes halogenated alkanes) is 3. The topological polar surface area (TPSA) is 46.5 Å². The van der Waals surface area contributed by atoms with Crippen molar-refractivity contribution in [3.8, 4) is 5.75 Å². The van der Waals surface area contributed by atoms with Crippen LogP contribution < -0.4 is 0 Å². The van der Waals surface area contributed by atoms with Crippen molar-refractivity contribution in [2.45, 2.75) is 39.0 Å². The van der Waals surface area contributed by atoms with Crippen LogP contribution in [-0.2, 0) is 16.0 Å². The van der Waals surface area contributed by atoms with Crippen molar-refractivity contribution in [3.63, 3.8) is 0 Å². The molecule has 0 aliphatic heterocycles. The summed E-state index contributed by atoms with van der Waals surface area (Å²) in [6, 6.07) is 2.94. The number of hydrogen-bond donors (Lipinski definition) is 1. The summed E-state index contributed by atoms with van der Waals surface area (Å²) in [6.45, 7) is 2.53. The Kier molecular flexibility index (Phi) is 7.03. The molecule has 1 aromatic rings. The summed E-state index contributed by atoms with van der Waals surface area (Å²) in [5, 5.41) is 10.2. The molecule has 1 N–H and O–H groups in total. The largest absolute Gasteiger partial charge is 0.506 e. The molecule has 0 amide bonds. The number of aromatic hydroxyl groups is 1. The van der Waals surface area contributed by atoms with Gasteiger partial charge in [-0.3, -0.25) is 4.79 Å². The molecule has 3 nitrogen and oxygen atoms in total. The summed E-state index contributed by atoms with van der Waals surface area (Å²) < 4.78 is 5.09. The SMILES string of the molecule is CCCCCCOC(=O)Cc1cc(Cl)cc(Cl)c1O. The molecule has 0 aliphatic rings. The van der Waals surface area contributed by atoms with Gasteiger partial charge in [0.05, 0.1) is 18.1 Å². The molecule has 0 bridgehead atoms. The number of rotatable bonds is 7. The lowest BCUT2D eigenvalue weighted by Crippen LogP contribution is -2.09. The Labute approximate surface area is 123 Å². The molecule has 0 saturated carbocycles. The van der Waals surface area contributed by atoms with E-state index >= 15 is 0 Å². The summed E-state index contributed by atoms with van der Waals surface area (Å²) >= 11 is 11.6. The van der Waals surface area contributed by atoms with E-state index in [9.17, 15) is 9.90 Å². The zero-order chi connectivity index (χ0) is 14.3. The molecule has 5 heteroatoms. The maximum atomic E-state index is 11.6. The average molecular weight is 305 g/mol. The molecule has 0 fully saturated rings. The van der Waals surface area contributed by atoms with Crippen LogP contribution in [0.5, 0.6) is 5.75 Å². The average Bonchev–Trinajstić information content (AvgIpc) is 2.35. The summed E-state index contributed by atoms with van der Waals surface area (Å²) in [4.78, 5) is 11.6. The number of carbonyl (C=O) groups excluding carboxylic acids is 1. The smallest absolute Gasteiger partial charge is 0.310 e. The van der Waals surface area contributed by atoms with Crippen molar-refractivity contribution in [2.75, 3.05) is 6.61 Å². The van der Waals surface area contributed by atoms with Crippen LogP contribution in [0.2, 0.25) is 10.0 Å². The zero-order valence-electron chi connectivity index (χ0n) is 10.9. The van der Waals surface area contributed by atoms with Crippen LogP contribution in [0.4, 0.5) is 0 Å². The van der Waals surface area contributed by atoms with Gasteiger partial charge in [-0.05, 0) is 18.6 Å². The van der Waals surface area contributed by atoms with E-state index < -0.39 is 0 Å². The van der Waals surface area contributed by atoms with Gasteiger partial charge in [0.2, 0.25) is 0 Å². The van der Waals surface area contributed by atoms with Gasteiger partial charge < -0.3 is 9.84 Å². The molecular formula is C14H18Cl2O3. The van der Waals surface area contributed by atoms with E-state index in [2.05, 4.69) is 6.92 Å². The van der Waals surface area contributed by atoms with Crippen LogP contribution >= 0.6 is 23.2 Å². The van der Waals surface area contributed by atoms with E-state index in [1.807, 2.05) is 0 Å². The van der Waals surface area contributed by atoms with E-state index in [0.29, 0.717) is 17.2 Å². The van der Waals surface area contributed by atoms with Crippen LogP contribution in [0, 0.1) is 0 Å². The van der Waals surface area contributed by atoms with Crippen molar-refractivity contribution in [3.05, 3.63) is 27.7 Å². The third-order valence-corrected chi connectivity index (χ3v) is 3.21. The number of phenolic OH excluding ortho intramolecular Hbond substituents is 1. The number of esters is 1. The Balaban J connectivity index is 2.44. The van der Waals surface area contributed by atoms with E-state index in [-0.39, 0.29) is 23.2 Å². The van der Waals surface area contributed by atoms with Crippen molar-refractivity contribution in [1.82, 2.24) is 0 Å². The molecule has 0 heterocycles. The third kappa shape index (κ3) is 5.70. The predicted octanol–water partition coefficient (Wildman–Crippen LogP) is 4.37. The van der Waals surface area contributed by atoms with Crippen LogP contribution in [0.1, 0.15) is 38.2 Å². The van der Waals surface area contributed by atoms with Crippen molar-refractivity contribution in [1.29, 1.82) is 0 Å². The highest BCUT2D eigenvalue weighted by molar-refractivity contribution is 6.35. The summed E-state index contributed by atoms with van der Waals surface area (Å²) in [7, 11) is 0. The van der Waals surface area contributed by atoms with Gasteiger partial charge in [0, 0.05) is 10.6 Å². The highest BCUT2D eigenvalue weighted by Gasteiger charge is 2.12. The van der Waals surface area contributed by atoms with Gasteiger partial charge in [-0.2, -0.15) is 0 Å². The van der Waals surface area contributed by atoms with E-state index in [1.165, 1.54) is 12.1 Å². The summed E-state index contributed by atoms with van der Waals surface area (Å²) in [6.07, 6.45) is 4.17. The Morgan fingerprint density at radius 3 is 2.68 bits per heavy atom. The van der Waals surface area contributed by atoms with Crippen LogP contribution in [0.15, 0.2) is 12.1 Å². The highest BCUT2D eigenvalue weighted by atomic mass is 35.5. The first kappa shape index (κ1) is 16.1. The fourth-order valence-electron chi connectivity index (χ4n) is 1.68. The lowest BCUT2D eigenvalue weighted by atomic mass is 10.1. The van der Waals surface area contributed by atoms with Gasteiger partial charge in [-0.15, -0.1) is 0 Å². The lowest BCUT2D eigenvalue weighted by Gasteiger charge is -2.08. The molecule has 0 atom stereocenters. The fraction of sp³-hybridized carbons (Fsp3) is 0.500. The second kappa shape index (κ2) is 8.28. The third-order valence-electron chi connectivity index (χ3n) is 2.70. The molecule has 0 aliphatic carbocycles. The van der Waals surface area contributed by atoms with Gasteiger partial charge >= 0.3 is 5.97 Å². The minimum absolute atomic E-state index is 0.0279. The normalized spacial score (nSPS) is 10.5. The Bertz CT molecular complexity index is 433. The number of ether oxygens (including phenoxy) is 1. The molecule has 1 rings (SSSR count). The first-order chi connectivity index (χ1) is 9.04. The molecule has 106 valence electrons. The van der Waals surface area contributed by atoms with Gasteiger partial charge in [0.25, 0.3) is 0 Å². The molecule has 0 unspecified atom stereocenters. The summed E-state index contributed by atoms with van der Waals surface area (Å²) in [5.74, 6) is -0.501. The maximum absolute atomic E-state index is 11.6. The van der Waals surface area contributed by atoms with E-state index in [0.717, 1.165) is 25.7 Å². The standard InChI is InChI=1S/C14H18Cl2O3/c1-2-3-4-5-6-19-13(17)8-10-7-11(15)9-12(16)14(10)18/h7,9,18H,2-6,8H2,1H3. The second-order valence-electron chi connectivity index (χ2n) is 4.35. The Morgan fingerprint density at radius 1 is 1.26 bits per heavy atom. The number of halogens is 2. The van der Waals surface area contributed by atoms with E-state index in [1.54, 1.807) is 0 Å². The maximum Gasteiger partial charge on any atom is 0.310 e. The van der Waals surface area contributed by atoms with Crippen molar-refractivity contribution < 1.29 is 14.6 Å². The molecule has 19 heavy (non-hydrogen) atoms. The van der Waals surface area contributed by atoms with Crippen molar-refractivity contribution >= 4 is 29.2 Å². The van der Waals surface area contributed by atoms with Gasteiger partial charge in [-0.25, -0.2) is 0 Å². The van der Waals surface area contributed by atoms with Crippen LogP contribution in [0.25, 0.3) is 0 Å². The first-order valence-corrected chi connectivity index (χ1v) is 7.12. The zero-order valence-corrected chi connectivity index (χ0v) is 12.4. The number of phenols is 1. The molecular weight excluding hydrogens is 287 g/mol. The van der Waals surface area contributed by atoms with Gasteiger partial charge in [0.1, 0.15) is 5.75 Å². The van der Waals surface area contributed by atoms with Gasteiger partial charge in [0.15, 0.2) is 0 Å². The predicted molar refractivity (Wildman–Crippen MR) is 76.9 cm³/mol. The number of hydrogen-bond acceptors (Lipinski definition) is 3. The first-order valence-electron chi connectivity index (χ1n) is 6.37. The highest BCUT2D eigenvalue weighted by Crippen LogP contribution is 2.31. The van der Waals surface area contributed by atoms with E-state index in [4.69, 9.17) is 27.9 Å². The quantitative estimate of drug-likeness (QED) is 0.601. The van der Waals surface area contributed by atoms with Crippen LogP contribution in [-0.4, -0.2) is 17.7 Å². The molecule has 0 saturated heterocycles. The van der Waals surface area contributed by atoms with Gasteiger partial charge in [-0.1, -0.05) is 49.4 Å². The Morgan fingerprint density at radius 2 is 2.00 bits per heavy atom. The molecule has 1 aromatic carbocycles. The molecule has 0 aromatic heterocycles. The second-order valence-corrected chi connectivity index (χ2v) is 5.20. The Hall–Kier alpha value is -0.930. The summed E-state index contributed by atoms with van der Waals surface area (Å²) in [5.41, 5.74) is 0.385. The van der Waals surface area contributed by atoms with Crippen LogP contribution in [0.3, 0.4) is 0 Å². The molecule has 0 radical (unpaired) electrons. The molecule has 0 spiro atoms. The fourth-order valence-corrected chi connectivity index (χ4v) is 2.21. The minimum atomic E-state index is -0.384. The van der Waals surface area contributed by atoms with Crippen molar-refractivity contribution in [2.24, 2.45) is 0 Å². The number of benzene rings is 1. The lowest BCUT2D eigenvalue weighted by molar-refractivity contribution is -0.143.